The Bertz CT molecular complexity index is 667. The maximum absolute atomic E-state index is 13.8. The molecule has 0 aromatic heterocycles. The van der Waals surface area contributed by atoms with Crippen molar-refractivity contribution in [1.82, 2.24) is 10.2 Å². The molecule has 1 N–H and O–H groups in total. The minimum atomic E-state index is -0.525. The minimum Gasteiger partial charge on any atom is -0.372 e. The summed E-state index contributed by atoms with van der Waals surface area (Å²) < 4.78 is 19.4. The molecule has 2 aliphatic rings. The summed E-state index contributed by atoms with van der Waals surface area (Å²) in [4.78, 5) is 26.8. The Balaban J connectivity index is 1.59. The van der Waals surface area contributed by atoms with Gasteiger partial charge in [-0.2, -0.15) is 0 Å². The van der Waals surface area contributed by atoms with Gasteiger partial charge in [0.25, 0.3) is 0 Å². The molecule has 136 valence electrons. The summed E-state index contributed by atoms with van der Waals surface area (Å²) in [6.45, 7) is 5.46. The summed E-state index contributed by atoms with van der Waals surface area (Å²) in [6.07, 6.45) is 0.328. The van der Waals surface area contributed by atoms with Crippen LogP contribution in [0.3, 0.4) is 0 Å². The zero-order valence-corrected chi connectivity index (χ0v) is 15.3. The van der Waals surface area contributed by atoms with Gasteiger partial charge in [-0.15, -0.1) is 11.8 Å². The lowest BCUT2D eigenvalue weighted by Crippen LogP contribution is -2.59. The highest BCUT2D eigenvalue weighted by Crippen LogP contribution is 2.25. The van der Waals surface area contributed by atoms with Crippen molar-refractivity contribution >= 4 is 23.6 Å². The topological polar surface area (TPSA) is 58.6 Å². The molecule has 7 heteroatoms. The SMILES string of the molecule is CC1(C)CN(C(=O)C2CSC(Cc3ccccc3F)C(=O)N2)CCO1. The van der Waals surface area contributed by atoms with Gasteiger partial charge in [0.2, 0.25) is 11.8 Å². The van der Waals surface area contributed by atoms with Gasteiger partial charge in [-0.3, -0.25) is 9.59 Å². The lowest BCUT2D eigenvalue weighted by atomic mass is 10.1. The Morgan fingerprint density at radius 1 is 1.44 bits per heavy atom. The quantitative estimate of drug-likeness (QED) is 0.883. The number of amides is 2. The number of carbonyl (C=O) groups excluding carboxylic acids is 2. The second kappa shape index (κ2) is 7.33. The molecule has 0 bridgehead atoms. The molecular weight excluding hydrogens is 343 g/mol. The van der Waals surface area contributed by atoms with Crippen LogP contribution in [0.2, 0.25) is 0 Å². The summed E-state index contributed by atoms with van der Waals surface area (Å²) >= 11 is 1.42. The Hall–Kier alpha value is -1.60. The molecule has 25 heavy (non-hydrogen) atoms. The highest BCUT2D eigenvalue weighted by Gasteiger charge is 2.37. The molecule has 2 saturated heterocycles. The number of morpholine rings is 1. The molecule has 0 aliphatic carbocycles. The second-order valence-electron chi connectivity index (χ2n) is 7.05. The molecule has 0 spiro atoms. The Morgan fingerprint density at radius 2 is 2.20 bits per heavy atom. The van der Waals surface area contributed by atoms with Crippen LogP contribution in [0, 0.1) is 5.82 Å². The summed E-state index contributed by atoms with van der Waals surface area (Å²) in [6, 6.07) is 5.95. The van der Waals surface area contributed by atoms with E-state index in [1.54, 1.807) is 23.1 Å². The molecule has 0 radical (unpaired) electrons. The Kier molecular flexibility index (Phi) is 5.34. The summed E-state index contributed by atoms with van der Waals surface area (Å²) in [5, 5.41) is 2.44. The monoisotopic (exact) mass is 366 g/mol. The Morgan fingerprint density at radius 3 is 2.88 bits per heavy atom. The molecule has 1 aromatic carbocycles. The number of nitrogens with one attached hydrogen (secondary N) is 1. The van der Waals surface area contributed by atoms with E-state index < -0.39 is 6.04 Å². The number of carbonyl (C=O) groups is 2. The van der Waals surface area contributed by atoms with Gasteiger partial charge < -0.3 is 15.0 Å². The largest absolute Gasteiger partial charge is 0.372 e. The standard InChI is InChI=1S/C18H23FN2O3S/c1-18(2)11-21(7-8-24-18)17(23)14-10-25-15(16(22)20-14)9-12-5-3-4-6-13(12)19/h3-6,14-15H,7-11H2,1-2H3,(H,20,22). The number of hydrogen-bond donors (Lipinski definition) is 1. The fourth-order valence-electron chi connectivity index (χ4n) is 3.17. The number of thioether (sulfide) groups is 1. The van der Waals surface area contributed by atoms with E-state index in [1.165, 1.54) is 17.8 Å². The first-order valence-corrected chi connectivity index (χ1v) is 9.49. The van der Waals surface area contributed by atoms with Crippen LogP contribution >= 0.6 is 11.8 Å². The van der Waals surface area contributed by atoms with Gasteiger partial charge in [-0.05, 0) is 31.9 Å². The van der Waals surface area contributed by atoms with Gasteiger partial charge in [0.1, 0.15) is 11.9 Å². The third kappa shape index (κ3) is 4.33. The fourth-order valence-corrected chi connectivity index (χ4v) is 4.34. The van der Waals surface area contributed by atoms with Crippen LogP contribution in [-0.2, 0) is 20.7 Å². The van der Waals surface area contributed by atoms with E-state index in [0.29, 0.717) is 37.4 Å². The number of nitrogens with zero attached hydrogens (tertiary/aromatic N) is 1. The summed E-state index contributed by atoms with van der Waals surface area (Å²) in [5.41, 5.74) is 0.155. The average Bonchev–Trinajstić information content (AvgIpc) is 2.57. The molecular formula is C18H23FN2O3S. The maximum Gasteiger partial charge on any atom is 0.246 e. The highest BCUT2D eigenvalue weighted by atomic mass is 32.2. The lowest BCUT2D eigenvalue weighted by Gasteiger charge is -2.40. The van der Waals surface area contributed by atoms with E-state index in [-0.39, 0.29) is 28.5 Å². The van der Waals surface area contributed by atoms with E-state index in [0.717, 1.165) is 0 Å². The van der Waals surface area contributed by atoms with Crippen LogP contribution in [0.1, 0.15) is 19.4 Å². The predicted octanol–water partition coefficient (Wildman–Crippen LogP) is 1.61. The van der Waals surface area contributed by atoms with E-state index in [2.05, 4.69) is 5.32 Å². The first-order chi connectivity index (χ1) is 11.9. The van der Waals surface area contributed by atoms with E-state index in [9.17, 15) is 14.0 Å². The molecule has 2 fully saturated rings. The molecule has 3 rings (SSSR count). The number of benzene rings is 1. The lowest BCUT2D eigenvalue weighted by molar-refractivity contribution is -0.148. The molecule has 2 aliphatic heterocycles. The number of rotatable bonds is 3. The van der Waals surface area contributed by atoms with Gasteiger partial charge in [-0.1, -0.05) is 18.2 Å². The van der Waals surface area contributed by atoms with Crippen LogP contribution in [0.4, 0.5) is 4.39 Å². The van der Waals surface area contributed by atoms with Crippen molar-refractivity contribution in [1.29, 1.82) is 0 Å². The van der Waals surface area contributed by atoms with Crippen molar-refractivity contribution < 1.29 is 18.7 Å². The van der Waals surface area contributed by atoms with Crippen molar-refractivity contribution in [2.45, 2.75) is 37.2 Å². The first-order valence-electron chi connectivity index (χ1n) is 8.44. The maximum atomic E-state index is 13.8. The van der Waals surface area contributed by atoms with Crippen LogP contribution < -0.4 is 5.32 Å². The highest BCUT2D eigenvalue weighted by molar-refractivity contribution is 8.00. The van der Waals surface area contributed by atoms with E-state index >= 15 is 0 Å². The van der Waals surface area contributed by atoms with E-state index in [4.69, 9.17) is 4.74 Å². The predicted molar refractivity (Wildman–Crippen MR) is 94.9 cm³/mol. The van der Waals surface area contributed by atoms with Crippen molar-refractivity contribution in [3.63, 3.8) is 0 Å². The molecule has 0 saturated carbocycles. The van der Waals surface area contributed by atoms with Crippen molar-refractivity contribution in [2.75, 3.05) is 25.4 Å². The van der Waals surface area contributed by atoms with Gasteiger partial charge >= 0.3 is 0 Å². The van der Waals surface area contributed by atoms with Gasteiger partial charge in [0.05, 0.1) is 17.5 Å². The smallest absolute Gasteiger partial charge is 0.246 e. The van der Waals surface area contributed by atoms with Crippen molar-refractivity contribution in [3.8, 4) is 0 Å². The van der Waals surface area contributed by atoms with Crippen molar-refractivity contribution in [3.05, 3.63) is 35.6 Å². The number of ether oxygens (including phenoxy) is 1. The Labute approximate surface area is 151 Å². The first kappa shape index (κ1) is 18.2. The molecule has 1 aromatic rings. The molecule has 2 unspecified atom stereocenters. The van der Waals surface area contributed by atoms with Crippen LogP contribution in [0.5, 0.6) is 0 Å². The van der Waals surface area contributed by atoms with Crippen LogP contribution in [0.25, 0.3) is 0 Å². The summed E-state index contributed by atoms with van der Waals surface area (Å²) in [7, 11) is 0. The molecule has 2 amide bonds. The number of hydrogen-bond acceptors (Lipinski definition) is 4. The van der Waals surface area contributed by atoms with Crippen LogP contribution in [0.15, 0.2) is 24.3 Å². The second-order valence-corrected chi connectivity index (χ2v) is 8.28. The zero-order chi connectivity index (χ0) is 18.0. The third-order valence-corrected chi connectivity index (χ3v) is 5.78. The number of halogens is 1. The van der Waals surface area contributed by atoms with Crippen LogP contribution in [-0.4, -0.2) is 59.1 Å². The summed E-state index contributed by atoms with van der Waals surface area (Å²) in [5.74, 6) is -0.0711. The van der Waals surface area contributed by atoms with Crippen molar-refractivity contribution in [2.24, 2.45) is 0 Å². The van der Waals surface area contributed by atoms with E-state index in [1.807, 2.05) is 13.8 Å². The third-order valence-electron chi connectivity index (χ3n) is 4.47. The molecule has 2 heterocycles. The fraction of sp³-hybridized carbons (Fsp3) is 0.556. The normalized spacial score (nSPS) is 26.2. The molecule has 2 atom stereocenters. The van der Waals surface area contributed by atoms with Gasteiger partial charge in [-0.25, -0.2) is 4.39 Å². The average molecular weight is 366 g/mol. The molecule has 5 nitrogen and oxygen atoms in total. The minimum absolute atomic E-state index is 0.0680. The van der Waals surface area contributed by atoms with Gasteiger partial charge in [0.15, 0.2) is 0 Å². The van der Waals surface area contributed by atoms with Gasteiger partial charge in [0, 0.05) is 18.8 Å². The zero-order valence-electron chi connectivity index (χ0n) is 14.5.